The van der Waals surface area contributed by atoms with Crippen LogP contribution in [0.5, 0.6) is 0 Å². The zero-order valence-corrected chi connectivity index (χ0v) is 8.76. The summed E-state index contributed by atoms with van der Waals surface area (Å²) in [5.41, 5.74) is 8.95. The van der Waals surface area contributed by atoms with Gasteiger partial charge in [0.15, 0.2) is 5.82 Å². The zero-order chi connectivity index (χ0) is 11.0. The van der Waals surface area contributed by atoms with E-state index < -0.39 is 0 Å². The second-order valence-corrected chi connectivity index (χ2v) is 3.74. The molecule has 3 heterocycles. The molecule has 0 unspecified atom stereocenters. The van der Waals surface area contributed by atoms with Crippen LogP contribution in [0.1, 0.15) is 11.3 Å². The molecule has 0 radical (unpaired) electrons. The highest BCUT2D eigenvalue weighted by Crippen LogP contribution is 2.24. The highest BCUT2D eigenvalue weighted by atomic mass is 16.5. The quantitative estimate of drug-likeness (QED) is 0.769. The molecule has 0 spiro atoms. The maximum absolute atomic E-state index is 5.87. The first-order valence-electron chi connectivity index (χ1n) is 5.20. The molecular formula is C11H12N4O. The van der Waals surface area contributed by atoms with Crippen LogP contribution < -0.4 is 5.73 Å². The highest BCUT2D eigenvalue weighted by molar-refractivity contribution is 5.47. The van der Waals surface area contributed by atoms with Crippen LogP contribution in [0, 0.1) is 0 Å². The molecule has 0 saturated carbocycles. The maximum Gasteiger partial charge on any atom is 0.151 e. The SMILES string of the molecule is Nc1nn(-c2cccnc2)c2c1COCC2. The average Bonchev–Trinajstić information content (AvgIpc) is 2.69. The van der Waals surface area contributed by atoms with Crippen LogP contribution in [-0.4, -0.2) is 21.4 Å². The third-order valence-electron chi connectivity index (χ3n) is 2.74. The van der Waals surface area contributed by atoms with Gasteiger partial charge in [-0.2, -0.15) is 0 Å². The smallest absolute Gasteiger partial charge is 0.151 e. The standard InChI is InChI=1S/C11H12N4O/c12-11-9-7-16-5-3-10(9)15(14-11)8-2-1-4-13-6-8/h1-2,4,6H,3,5,7H2,(H2,12,14). The van der Waals surface area contributed by atoms with Crippen molar-refractivity contribution in [1.82, 2.24) is 14.8 Å². The lowest BCUT2D eigenvalue weighted by Crippen LogP contribution is -2.13. The van der Waals surface area contributed by atoms with Gasteiger partial charge in [0.25, 0.3) is 0 Å². The molecule has 5 nitrogen and oxygen atoms in total. The largest absolute Gasteiger partial charge is 0.382 e. The van der Waals surface area contributed by atoms with E-state index in [2.05, 4.69) is 10.1 Å². The van der Waals surface area contributed by atoms with Crippen molar-refractivity contribution < 1.29 is 4.74 Å². The number of fused-ring (bicyclic) bond motifs is 1. The minimum Gasteiger partial charge on any atom is -0.382 e. The van der Waals surface area contributed by atoms with Crippen molar-refractivity contribution in [1.29, 1.82) is 0 Å². The van der Waals surface area contributed by atoms with Gasteiger partial charge in [0.05, 0.1) is 30.8 Å². The van der Waals surface area contributed by atoms with Gasteiger partial charge in [0.2, 0.25) is 0 Å². The normalized spacial score (nSPS) is 14.8. The van der Waals surface area contributed by atoms with Gasteiger partial charge in [-0.15, -0.1) is 5.10 Å². The van der Waals surface area contributed by atoms with Crippen LogP contribution in [-0.2, 0) is 17.8 Å². The van der Waals surface area contributed by atoms with Crippen molar-refractivity contribution >= 4 is 5.82 Å². The summed E-state index contributed by atoms with van der Waals surface area (Å²) in [5.74, 6) is 0.554. The van der Waals surface area contributed by atoms with Gasteiger partial charge in [0.1, 0.15) is 0 Å². The van der Waals surface area contributed by atoms with Crippen molar-refractivity contribution in [3.05, 3.63) is 35.8 Å². The number of nitrogen functional groups attached to an aromatic ring is 1. The van der Waals surface area contributed by atoms with Crippen LogP contribution in [0.4, 0.5) is 5.82 Å². The Hall–Kier alpha value is -1.88. The van der Waals surface area contributed by atoms with Crippen LogP contribution in [0.3, 0.4) is 0 Å². The molecule has 16 heavy (non-hydrogen) atoms. The van der Waals surface area contributed by atoms with Crippen LogP contribution in [0.15, 0.2) is 24.5 Å². The Kier molecular flexibility index (Phi) is 2.11. The molecule has 2 aromatic rings. The fourth-order valence-electron chi connectivity index (χ4n) is 1.95. The van der Waals surface area contributed by atoms with E-state index in [0.29, 0.717) is 12.4 Å². The molecule has 0 saturated heterocycles. The van der Waals surface area contributed by atoms with Gasteiger partial charge in [0, 0.05) is 18.2 Å². The predicted molar refractivity (Wildman–Crippen MR) is 59.1 cm³/mol. The van der Waals surface area contributed by atoms with Crippen LogP contribution in [0.2, 0.25) is 0 Å². The lowest BCUT2D eigenvalue weighted by atomic mass is 10.1. The third kappa shape index (κ3) is 1.37. The molecule has 0 fully saturated rings. The first-order chi connectivity index (χ1) is 7.86. The topological polar surface area (TPSA) is 66.0 Å². The van der Waals surface area contributed by atoms with Gasteiger partial charge in [-0.1, -0.05) is 0 Å². The van der Waals surface area contributed by atoms with E-state index in [9.17, 15) is 0 Å². The molecule has 0 bridgehead atoms. The Labute approximate surface area is 92.9 Å². The summed E-state index contributed by atoms with van der Waals surface area (Å²) in [7, 11) is 0. The summed E-state index contributed by atoms with van der Waals surface area (Å²) in [6, 6.07) is 3.86. The molecule has 0 atom stereocenters. The molecule has 0 amide bonds. The van der Waals surface area contributed by atoms with Gasteiger partial charge in [-0.25, -0.2) is 4.68 Å². The number of nitrogens with two attached hydrogens (primary N) is 1. The van der Waals surface area contributed by atoms with Crippen molar-refractivity contribution in [3.8, 4) is 5.69 Å². The van der Waals surface area contributed by atoms with Gasteiger partial charge in [-0.05, 0) is 12.1 Å². The second-order valence-electron chi connectivity index (χ2n) is 3.74. The molecule has 1 aliphatic heterocycles. The average molecular weight is 216 g/mol. The molecule has 3 rings (SSSR count). The van der Waals surface area contributed by atoms with E-state index in [4.69, 9.17) is 10.5 Å². The summed E-state index contributed by atoms with van der Waals surface area (Å²) < 4.78 is 7.24. The van der Waals surface area contributed by atoms with Crippen molar-refractivity contribution in [2.45, 2.75) is 13.0 Å². The van der Waals surface area contributed by atoms with E-state index in [0.717, 1.165) is 30.0 Å². The fraction of sp³-hybridized carbons (Fsp3) is 0.273. The fourth-order valence-corrected chi connectivity index (χ4v) is 1.95. The van der Waals surface area contributed by atoms with Gasteiger partial charge >= 0.3 is 0 Å². The maximum atomic E-state index is 5.87. The lowest BCUT2D eigenvalue weighted by Gasteiger charge is -2.14. The summed E-state index contributed by atoms with van der Waals surface area (Å²) >= 11 is 0. The Morgan fingerprint density at radius 1 is 1.44 bits per heavy atom. The Bertz CT molecular complexity index is 506. The molecule has 1 aliphatic rings. The Balaban J connectivity index is 2.15. The first-order valence-corrected chi connectivity index (χ1v) is 5.20. The number of hydrogen-bond acceptors (Lipinski definition) is 4. The molecule has 82 valence electrons. The minimum atomic E-state index is 0.554. The molecule has 0 aliphatic carbocycles. The van der Waals surface area contributed by atoms with E-state index >= 15 is 0 Å². The number of ether oxygens (including phenoxy) is 1. The minimum absolute atomic E-state index is 0.554. The number of pyridine rings is 1. The van der Waals surface area contributed by atoms with Crippen LogP contribution in [0.25, 0.3) is 5.69 Å². The van der Waals surface area contributed by atoms with Gasteiger partial charge in [-0.3, -0.25) is 4.98 Å². The molecule has 0 aromatic carbocycles. The summed E-state index contributed by atoms with van der Waals surface area (Å²) in [4.78, 5) is 4.09. The van der Waals surface area contributed by atoms with E-state index in [1.54, 1.807) is 12.4 Å². The third-order valence-corrected chi connectivity index (χ3v) is 2.74. The second kappa shape index (κ2) is 3.61. The number of rotatable bonds is 1. The number of hydrogen-bond donors (Lipinski definition) is 1. The van der Waals surface area contributed by atoms with E-state index in [-0.39, 0.29) is 0 Å². The summed E-state index contributed by atoms with van der Waals surface area (Å²) in [5, 5.41) is 4.34. The number of nitrogens with zero attached hydrogens (tertiary/aromatic N) is 3. The molecular weight excluding hydrogens is 204 g/mol. The van der Waals surface area contributed by atoms with Crippen LogP contribution >= 0.6 is 0 Å². The molecule has 2 N–H and O–H groups in total. The predicted octanol–water partition coefficient (Wildman–Crippen LogP) is 0.922. The highest BCUT2D eigenvalue weighted by Gasteiger charge is 2.20. The number of aromatic nitrogens is 3. The Morgan fingerprint density at radius 2 is 2.38 bits per heavy atom. The van der Waals surface area contributed by atoms with E-state index in [1.165, 1.54) is 0 Å². The molecule has 5 heteroatoms. The van der Waals surface area contributed by atoms with Crippen molar-refractivity contribution in [2.75, 3.05) is 12.3 Å². The first kappa shape index (κ1) is 9.35. The Morgan fingerprint density at radius 3 is 3.19 bits per heavy atom. The summed E-state index contributed by atoms with van der Waals surface area (Å²) in [6.45, 7) is 1.28. The molecule has 2 aromatic heterocycles. The summed E-state index contributed by atoms with van der Waals surface area (Å²) in [6.07, 6.45) is 4.36. The zero-order valence-electron chi connectivity index (χ0n) is 8.76. The number of anilines is 1. The van der Waals surface area contributed by atoms with Crippen molar-refractivity contribution in [3.63, 3.8) is 0 Å². The lowest BCUT2D eigenvalue weighted by molar-refractivity contribution is 0.110. The monoisotopic (exact) mass is 216 g/mol. The van der Waals surface area contributed by atoms with E-state index in [1.807, 2.05) is 16.8 Å². The van der Waals surface area contributed by atoms with Crippen molar-refractivity contribution in [2.24, 2.45) is 0 Å². The van der Waals surface area contributed by atoms with Gasteiger partial charge < -0.3 is 10.5 Å².